The van der Waals surface area contributed by atoms with Gasteiger partial charge in [-0.2, -0.15) is 0 Å². The number of hydrogen-bond donors (Lipinski definition) is 1. The van der Waals surface area contributed by atoms with Gasteiger partial charge in [0.25, 0.3) is 5.91 Å². The number of imide groups is 1. The Balaban J connectivity index is 1.82. The van der Waals surface area contributed by atoms with Crippen LogP contribution in [0.3, 0.4) is 0 Å². The second kappa shape index (κ2) is 5.92. The number of rotatable bonds is 3. The molecule has 3 rings (SSSR count). The van der Waals surface area contributed by atoms with Crippen molar-refractivity contribution in [2.24, 2.45) is 0 Å². The van der Waals surface area contributed by atoms with Gasteiger partial charge in [-0.1, -0.05) is 19.3 Å². The van der Waals surface area contributed by atoms with Crippen molar-refractivity contribution in [3.63, 3.8) is 0 Å². The number of hydrogen-bond acceptors (Lipinski definition) is 3. The number of carbonyl (C=O) groups excluding carboxylic acids is 2. The van der Waals surface area contributed by atoms with E-state index in [2.05, 4.69) is 0 Å². The van der Waals surface area contributed by atoms with Gasteiger partial charge < -0.3 is 5.11 Å². The average Bonchev–Trinajstić information content (AvgIpc) is 2.73. The topological polar surface area (TPSA) is 60.9 Å². The molecule has 0 aromatic heterocycles. The molecule has 23 heavy (non-hydrogen) atoms. The molecule has 0 spiro atoms. The summed E-state index contributed by atoms with van der Waals surface area (Å²) in [6.45, 7) is 1.68. The maximum absolute atomic E-state index is 13.1. The number of halogens is 1. The highest BCUT2D eigenvalue weighted by Crippen LogP contribution is 2.32. The minimum atomic E-state index is -0.984. The fourth-order valence-corrected chi connectivity index (χ4v) is 3.47. The Bertz CT molecular complexity index is 611. The summed E-state index contributed by atoms with van der Waals surface area (Å²) in [5.41, 5.74) is -0.502. The summed E-state index contributed by atoms with van der Waals surface area (Å²) in [4.78, 5) is 27.6. The fraction of sp³-hybridized carbons (Fsp3) is 0.529. The predicted molar refractivity (Wildman–Crippen MR) is 83.5 cm³/mol. The lowest BCUT2D eigenvalue weighted by Crippen LogP contribution is -2.47. The van der Waals surface area contributed by atoms with Crippen LogP contribution >= 0.6 is 0 Å². The molecule has 1 heterocycles. The van der Waals surface area contributed by atoms with E-state index in [9.17, 15) is 19.1 Å². The molecule has 1 aromatic carbocycles. The monoisotopic (exact) mass is 320 g/mol. The van der Waals surface area contributed by atoms with Crippen LogP contribution in [-0.4, -0.2) is 40.1 Å². The van der Waals surface area contributed by atoms with Crippen LogP contribution < -0.4 is 4.90 Å². The van der Waals surface area contributed by atoms with Gasteiger partial charge in [0.2, 0.25) is 0 Å². The van der Waals surface area contributed by atoms with E-state index in [1.54, 1.807) is 6.92 Å². The largest absolute Gasteiger partial charge is 0.388 e. The Labute approximate surface area is 134 Å². The van der Waals surface area contributed by atoms with Gasteiger partial charge in [0, 0.05) is 5.69 Å². The summed E-state index contributed by atoms with van der Waals surface area (Å²) in [5, 5.41) is 10.6. The molecular formula is C17H21FN2O3. The number of aliphatic hydroxyl groups is 1. The first-order valence-corrected chi connectivity index (χ1v) is 8.04. The summed E-state index contributed by atoms with van der Waals surface area (Å²) in [5.74, 6) is -0.717. The lowest BCUT2D eigenvalue weighted by molar-refractivity contribution is -0.130. The Kier molecular flexibility index (Phi) is 4.10. The first-order chi connectivity index (χ1) is 10.9. The smallest absolute Gasteiger partial charge is 0.332 e. The van der Waals surface area contributed by atoms with Crippen molar-refractivity contribution in [2.75, 3.05) is 11.4 Å². The van der Waals surface area contributed by atoms with Crippen molar-refractivity contribution < 1.29 is 19.1 Å². The van der Waals surface area contributed by atoms with E-state index in [0.717, 1.165) is 24.2 Å². The van der Waals surface area contributed by atoms with Crippen molar-refractivity contribution in [2.45, 2.75) is 50.7 Å². The molecule has 0 bridgehead atoms. The number of nitrogens with zero attached hydrogens (tertiary/aromatic N) is 2. The molecule has 1 aliphatic carbocycles. The average molecular weight is 320 g/mol. The van der Waals surface area contributed by atoms with E-state index >= 15 is 0 Å². The van der Waals surface area contributed by atoms with E-state index in [4.69, 9.17) is 0 Å². The Morgan fingerprint density at radius 3 is 2.39 bits per heavy atom. The molecule has 1 aliphatic heterocycles. The van der Waals surface area contributed by atoms with Crippen LogP contribution in [0.5, 0.6) is 0 Å². The number of urea groups is 1. The molecule has 3 amide bonds. The standard InChI is InChI=1S/C17H21FN2O3/c1-12-15(21)19(11-17(23)9-3-2-4-10-17)16(22)20(12)14-7-5-13(18)6-8-14/h5-8,12,23H,2-4,9-11H2,1H3. The van der Waals surface area contributed by atoms with E-state index in [-0.39, 0.29) is 12.5 Å². The van der Waals surface area contributed by atoms with Gasteiger partial charge in [-0.15, -0.1) is 0 Å². The van der Waals surface area contributed by atoms with Crippen molar-refractivity contribution in [3.05, 3.63) is 30.1 Å². The number of anilines is 1. The minimum absolute atomic E-state index is 0.0344. The first kappa shape index (κ1) is 15.9. The highest BCUT2D eigenvalue weighted by molar-refractivity contribution is 6.14. The number of β-amino-alcohol motifs (C(OH)–C–C–N with tert-alkyl or cyclic N) is 1. The fourth-order valence-electron chi connectivity index (χ4n) is 3.47. The first-order valence-electron chi connectivity index (χ1n) is 8.04. The minimum Gasteiger partial charge on any atom is -0.388 e. The third-order valence-corrected chi connectivity index (χ3v) is 4.79. The Hall–Kier alpha value is -1.95. The summed E-state index contributed by atoms with van der Waals surface area (Å²) in [7, 11) is 0. The number of carbonyl (C=O) groups is 2. The van der Waals surface area contributed by atoms with Gasteiger partial charge in [0.15, 0.2) is 0 Å². The van der Waals surface area contributed by atoms with Crippen LogP contribution in [-0.2, 0) is 4.79 Å². The maximum atomic E-state index is 13.1. The number of benzene rings is 1. The molecular weight excluding hydrogens is 299 g/mol. The molecule has 1 atom stereocenters. The lowest BCUT2D eigenvalue weighted by Gasteiger charge is -2.34. The maximum Gasteiger partial charge on any atom is 0.332 e. The van der Waals surface area contributed by atoms with Crippen molar-refractivity contribution in [1.29, 1.82) is 0 Å². The van der Waals surface area contributed by atoms with E-state index in [1.165, 1.54) is 29.2 Å². The molecule has 1 unspecified atom stereocenters. The van der Waals surface area contributed by atoms with Crippen LogP contribution in [0.1, 0.15) is 39.0 Å². The summed E-state index contributed by atoms with van der Waals surface area (Å²) in [6.07, 6.45) is 4.10. The van der Waals surface area contributed by atoms with Gasteiger partial charge in [0.05, 0.1) is 12.1 Å². The SMILES string of the molecule is CC1C(=O)N(CC2(O)CCCCC2)C(=O)N1c1ccc(F)cc1. The molecule has 1 saturated carbocycles. The summed E-state index contributed by atoms with van der Waals surface area (Å²) < 4.78 is 13.1. The van der Waals surface area contributed by atoms with Gasteiger partial charge in [-0.25, -0.2) is 9.18 Å². The van der Waals surface area contributed by atoms with Gasteiger partial charge in [-0.3, -0.25) is 14.6 Å². The van der Waals surface area contributed by atoms with Gasteiger partial charge >= 0.3 is 6.03 Å². The zero-order valence-electron chi connectivity index (χ0n) is 13.2. The number of amides is 3. The lowest BCUT2D eigenvalue weighted by atomic mass is 9.84. The zero-order valence-corrected chi connectivity index (χ0v) is 13.2. The molecule has 5 nitrogen and oxygen atoms in total. The van der Waals surface area contributed by atoms with Crippen molar-refractivity contribution in [3.8, 4) is 0 Å². The van der Waals surface area contributed by atoms with Crippen molar-refractivity contribution in [1.82, 2.24) is 4.90 Å². The third kappa shape index (κ3) is 2.95. The highest BCUT2D eigenvalue weighted by Gasteiger charge is 2.46. The van der Waals surface area contributed by atoms with Crippen molar-refractivity contribution >= 4 is 17.6 Å². The van der Waals surface area contributed by atoms with E-state index in [1.807, 2.05) is 0 Å². The van der Waals surface area contributed by atoms with Crippen LogP contribution in [0.15, 0.2) is 24.3 Å². The predicted octanol–water partition coefficient (Wildman–Crippen LogP) is 2.68. The highest BCUT2D eigenvalue weighted by atomic mass is 19.1. The second-order valence-corrected chi connectivity index (χ2v) is 6.51. The Morgan fingerprint density at radius 1 is 1.17 bits per heavy atom. The molecule has 0 radical (unpaired) electrons. The third-order valence-electron chi connectivity index (χ3n) is 4.79. The molecule has 124 valence electrons. The molecule has 2 aliphatic rings. The molecule has 1 saturated heterocycles. The summed E-state index contributed by atoms with van der Waals surface area (Å²) >= 11 is 0. The molecule has 2 fully saturated rings. The molecule has 6 heteroatoms. The van der Waals surface area contributed by atoms with E-state index in [0.29, 0.717) is 18.5 Å². The quantitative estimate of drug-likeness (QED) is 0.871. The van der Waals surface area contributed by atoms with E-state index < -0.39 is 23.5 Å². The normalized spacial score (nSPS) is 24.4. The Morgan fingerprint density at radius 2 is 1.78 bits per heavy atom. The van der Waals surface area contributed by atoms with Crippen LogP contribution in [0, 0.1) is 5.82 Å². The van der Waals surface area contributed by atoms with Gasteiger partial charge in [0.1, 0.15) is 11.9 Å². The second-order valence-electron chi connectivity index (χ2n) is 6.51. The van der Waals surface area contributed by atoms with Gasteiger partial charge in [-0.05, 0) is 44.0 Å². The van der Waals surface area contributed by atoms with Crippen LogP contribution in [0.25, 0.3) is 0 Å². The van der Waals surface area contributed by atoms with Crippen LogP contribution in [0.2, 0.25) is 0 Å². The summed E-state index contributed by atoms with van der Waals surface area (Å²) in [6, 6.07) is 4.38. The molecule has 1 N–H and O–H groups in total. The van der Waals surface area contributed by atoms with Crippen LogP contribution in [0.4, 0.5) is 14.9 Å². The molecule has 1 aromatic rings. The zero-order chi connectivity index (χ0) is 16.6.